The lowest BCUT2D eigenvalue weighted by Gasteiger charge is -2.15. The summed E-state index contributed by atoms with van der Waals surface area (Å²) < 4.78 is 0. The Morgan fingerprint density at radius 2 is 1.09 bits per heavy atom. The quantitative estimate of drug-likeness (QED) is 0.773. The average molecular weight is 298 g/mol. The zero-order valence-corrected chi connectivity index (χ0v) is 12.8. The van der Waals surface area contributed by atoms with E-state index in [1.807, 2.05) is 0 Å². The highest BCUT2D eigenvalue weighted by Crippen LogP contribution is 2.27. The topological polar surface area (TPSA) is 24.1 Å². The smallest absolute Gasteiger partial charge is 0.0455 e. The number of benzene rings is 2. The molecule has 0 aliphatic carbocycles. The highest BCUT2D eigenvalue weighted by Gasteiger charge is 2.09. The van der Waals surface area contributed by atoms with E-state index in [1.165, 1.54) is 22.5 Å². The highest BCUT2D eigenvalue weighted by atomic mass is 14.9. The largest absolute Gasteiger partial charge is 0.358 e. The Kier molecular flexibility index (Phi) is 3.57. The molecule has 2 nitrogen and oxygen atoms in total. The Morgan fingerprint density at radius 3 is 1.61 bits per heavy atom. The van der Waals surface area contributed by atoms with E-state index < -0.39 is 0 Å². The van der Waals surface area contributed by atoms with Gasteiger partial charge in [0.25, 0.3) is 0 Å². The second-order valence-electron chi connectivity index (χ2n) is 5.70. The first-order chi connectivity index (χ1) is 11.4. The number of hydrogen-bond donors (Lipinski definition) is 2. The molecule has 0 aromatic heterocycles. The van der Waals surface area contributed by atoms with E-state index in [4.69, 9.17) is 0 Å². The monoisotopic (exact) mass is 298 g/mol. The lowest BCUT2D eigenvalue weighted by molar-refractivity contribution is 1.12. The van der Waals surface area contributed by atoms with Gasteiger partial charge >= 0.3 is 0 Å². The summed E-state index contributed by atoms with van der Waals surface area (Å²) >= 11 is 0. The van der Waals surface area contributed by atoms with Crippen LogP contribution >= 0.6 is 0 Å². The molecule has 23 heavy (non-hydrogen) atoms. The van der Waals surface area contributed by atoms with Crippen LogP contribution in [-0.4, -0.2) is 0 Å². The summed E-state index contributed by atoms with van der Waals surface area (Å²) in [5, 5.41) is 7.09. The summed E-state index contributed by atoms with van der Waals surface area (Å²) in [7, 11) is 0. The molecule has 0 amide bonds. The van der Waals surface area contributed by atoms with Crippen molar-refractivity contribution in [3.05, 3.63) is 95.4 Å². The van der Waals surface area contributed by atoms with Crippen molar-refractivity contribution < 1.29 is 0 Å². The van der Waals surface area contributed by atoms with Gasteiger partial charge < -0.3 is 10.6 Å². The minimum atomic E-state index is 0.831. The van der Waals surface area contributed by atoms with Gasteiger partial charge in [0.1, 0.15) is 0 Å². The fourth-order valence-electron chi connectivity index (χ4n) is 2.89. The lowest BCUT2D eigenvalue weighted by atomic mass is 10.1. The van der Waals surface area contributed by atoms with Gasteiger partial charge in [-0.05, 0) is 35.4 Å². The zero-order valence-electron chi connectivity index (χ0n) is 12.8. The Hall–Kier alpha value is -3.00. The summed E-state index contributed by atoms with van der Waals surface area (Å²) in [6, 6.07) is 16.7. The molecule has 2 aliphatic rings. The van der Waals surface area contributed by atoms with Crippen molar-refractivity contribution >= 4 is 23.5 Å². The van der Waals surface area contributed by atoms with Crippen LogP contribution in [0.2, 0.25) is 0 Å². The van der Waals surface area contributed by atoms with E-state index in [0.717, 1.165) is 17.8 Å². The second kappa shape index (κ2) is 6.01. The minimum Gasteiger partial charge on any atom is -0.358 e. The van der Waals surface area contributed by atoms with E-state index in [0.29, 0.717) is 0 Å². The van der Waals surface area contributed by atoms with E-state index >= 15 is 0 Å². The van der Waals surface area contributed by atoms with Crippen LogP contribution in [0.5, 0.6) is 0 Å². The molecule has 0 fully saturated rings. The molecule has 4 rings (SSSR count). The van der Waals surface area contributed by atoms with Crippen molar-refractivity contribution in [3.8, 4) is 0 Å². The molecule has 2 aromatic rings. The normalized spacial score (nSPS) is 15.1. The molecular weight excluding hydrogens is 280 g/mol. The fourth-order valence-corrected chi connectivity index (χ4v) is 2.89. The SMILES string of the molecule is C1=Cc2ccccc2NC(CC2=CC=Cc3ccccc3N2)=C1. The van der Waals surface area contributed by atoms with Crippen molar-refractivity contribution in [1.82, 2.24) is 0 Å². The van der Waals surface area contributed by atoms with E-state index in [9.17, 15) is 0 Å². The number of nitrogens with one attached hydrogen (secondary N) is 2. The summed E-state index contributed by atoms with van der Waals surface area (Å²) in [6.07, 6.45) is 13.6. The third-order valence-corrected chi connectivity index (χ3v) is 4.04. The summed E-state index contributed by atoms with van der Waals surface area (Å²) in [5.74, 6) is 0. The number of rotatable bonds is 2. The third kappa shape index (κ3) is 2.97. The van der Waals surface area contributed by atoms with Gasteiger partial charge in [0.2, 0.25) is 0 Å². The van der Waals surface area contributed by atoms with Gasteiger partial charge in [0.15, 0.2) is 0 Å². The van der Waals surface area contributed by atoms with Crippen molar-refractivity contribution in [1.29, 1.82) is 0 Å². The predicted molar refractivity (Wildman–Crippen MR) is 99.0 cm³/mol. The molecule has 2 heterocycles. The van der Waals surface area contributed by atoms with Crippen LogP contribution in [0, 0.1) is 0 Å². The predicted octanol–water partition coefficient (Wildman–Crippen LogP) is 5.42. The van der Waals surface area contributed by atoms with Crippen LogP contribution in [0.4, 0.5) is 11.4 Å². The standard InChI is InChI=1S/C21H18N2/c1-3-13-20-16(7-1)9-5-11-18(22-20)15-19-12-6-10-17-8-2-4-14-21(17)23-19/h1-14,22-23H,15H2. The van der Waals surface area contributed by atoms with Gasteiger partial charge in [0.05, 0.1) is 0 Å². The first-order valence-electron chi connectivity index (χ1n) is 7.85. The van der Waals surface area contributed by atoms with Crippen molar-refractivity contribution in [3.63, 3.8) is 0 Å². The van der Waals surface area contributed by atoms with Crippen LogP contribution < -0.4 is 10.6 Å². The first-order valence-corrected chi connectivity index (χ1v) is 7.85. The summed E-state index contributed by atoms with van der Waals surface area (Å²) in [5.41, 5.74) is 7.09. The van der Waals surface area contributed by atoms with Crippen LogP contribution in [0.15, 0.2) is 84.2 Å². The van der Waals surface area contributed by atoms with Gasteiger partial charge in [-0.25, -0.2) is 0 Å². The highest BCUT2D eigenvalue weighted by molar-refractivity contribution is 5.73. The van der Waals surface area contributed by atoms with E-state index in [2.05, 4.69) is 95.6 Å². The zero-order chi connectivity index (χ0) is 15.5. The van der Waals surface area contributed by atoms with Crippen LogP contribution in [0.1, 0.15) is 17.5 Å². The molecule has 0 atom stereocenters. The number of anilines is 2. The van der Waals surface area contributed by atoms with Gasteiger partial charge in [0, 0.05) is 29.2 Å². The molecule has 0 bridgehead atoms. The maximum Gasteiger partial charge on any atom is 0.0455 e. The Bertz CT molecular complexity index is 782. The molecule has 2 aromatic carbocycles. The molecule has 2 heteroatoms. The molecular formula is C21H18N2. The number of para-hydroxylation sites is 2. The van der Waals surface area contributed by atoms with Gasteiger partial charge in [-0.2, -0.15) is 0 Å². The molecule has 0 unspecified atom stereocenters. The lowest BCUT2D eigenvalue weighted by Crippen LogP contribution is -2.06. The number of fused-ring (bicyclic) bond motifs is 2. The van der Waals surface area contributed by atoms with Crippen LogP contribution in [-0.2, 0) is 0 Å². The first kappa shape index (κ1) is 13.6. The maximum absolute atomic E-state index is 3.54. The summed E-state index contributed by atoms with van der Waals surface area (Å²) in [4.78, 5) is 0. The van der Waals surface area contributed by atoms with Crippen molar-refractivity contribution in [2.24, 2.45) is 0 Å². The Balaban J connectivity index is 1.56. The molecule has 2 N–H and O–H groups in total. The molecule has 0 saturated carbocycles. The molecule has 2 aliphatic heterocycles. The third-order valence-electron chi connectivity index (χ3n) is 4.04. The average Bonchev–Trinajstić information content (AvgIpc) is 2.90. The van der Waals surface area contributed by atoms with Crippen LogP contribution in [0.25, 0.3) is 12.2 Å². The number of hydrogen-bond acceptors (Lipinski definition) is 2. The van der Waals surface area contributed by atoms with Gasteiger partial charge in [-0.1, -0.05) is 60.7 Å². The maximum atomic E-state index is 3.54. The molecule has 0 spiro atoms. The van der Waals surface area contributed by atoms with Gasteiger partial charge in [-0.3, -0.25) is 0 Å². The molecule has 0 saturated heterocycles. The van der Waals surface area contributed by atoms with Crippen molar-refractivity contribution in [2.45, 2.75) is 6.42 Å². The van der Waals surface area contributed by atoms with Gasteiger partial charge in [-0.15, -0.1) is 0 Å². The van der Waals surface area contributed by atoms with E-state index in [1.54, 1.807) is 0 Å². The summed E-state index contributed by atoms with van der Waals surface area (Å²) in [6.45, 7) is 0. The Morgan fingerprint density at radius 1 is 0.609 bits per heavy atom. The van der Waals surface area contributed by atoms with Crippen LogP contribution in [0.3, 0.4) is 0 Å². The fraction of sp³-hybridized carbons (Fsp3) is 0.0476. The van der Waals surface area contributed by atoms with Crippen molar-refractivity contribution in [2.75, 3.05) is 10.6 Å². The molecule has 0 radical (unpaired) electrons. The number of allylic oxidation sites excluding steroid dienone is 4. The Labute approximate surface area is 136 Å². The second-order valence-corrected chi connectivity index (χ2v) is 5.70. The molecule has 112 valence electrons. The minimum absolute atomic E-state index is 0.831. The van der Waals surface area contributed by atoms with E-state index in [-0.39, 0.29) is 0 Å².